The molecule has 0 aliphatic rings. The molecular weight excluding hydrogens is 571 g/mol. The van der Waals surface area contributed by atoms with Gasteiger partial charge in [-0.1, -0.05) is 27.7 Å². The van der Waals surface area contributed by atoms with E-state index >= 15 is 0 Å². The molecule has 0 rings (SSSR count). The van der Waals surface area contributed by atoms with Crippen LogP contribution in [0.15, 0.2) is 0 Å². The molecule has 37 heavy (non-hydrogen) atoms. The number of rotatable bonds is 12. The van der Waals surface area contributed by atoms with Gasteiger partial charge in [-0.05, 0) is 27.7 Å². The molecule has 0 heterocycles. The summed E-state index contributed by atoms with van der Waals surface area (Å²) in [7, 11) is 0. The zero-order chi connectivity index (χ0) is 29.8. The fraction of sp³-hybridized carbons (Fsp3) is 0.500. The number of Topliss-reactive ketones (excluding diaryl/α,β-unsaturated/α-hetero) is 4. The third kappa shape index (κ3) is 23.1. The Kier molecular flexibility index (Phi) is 29.2. The minimum Gasteiger partial charge on any atom is -0.503 e. The predicted octanol–water partition coefficient (Wildman–Crippen LogP) is 2.58. The molecule has 12 nitrogen and oxygen atoms in total. The third-order valence-electron chi connectivity index (χ3n) is 4.15. The van der Waals surface area contributed by atoms with Crippen LogP contribution in [0.5, 0.6) is 0 Å². The molecule has 4 N–H and O–H groups in total. The number of carbonyl (C=O) groups excluding carboxylic acids is 4. The molecule has 0 aromatic rings. The largest absolute Gasteiger partial charge is 4.00 e. The van der Waals surface area contributed by atoms with Crippen LogP contribution in [0, 0.1) is 23.7 Å². The first-order valence-electron chi connectivity index (χ1n) is 10.8. The van der Waals surface area contributed by atoms with Crippen LogP contribution >= 0.6 is 0 Å². The Morgan fingerprint density at radius 1 is 0.405 bits per heavy atom. The zero-order valence-electron chi connectivity index (χ0n) is 22.4. The van der Waals surface area contributed by atoms with E-state index in [-0.39, 0.29) is 73.0 Å². The summed E-state index contributed by atoms with van der Waals surface area (Å²) in [5, 5.41) is 33.1. The third-order valence-corrected chi connectivity index (χ3v) is 4.15. The topological polar surface area (TPSA) is 217 Å². The summed E-state index contributed by atoms with van der Waals surface area (Å²) in [5.74, 6) is -5.98. The molecule has 13 heteroatoms. The second kappa shape index (κ2) is 24.6. The monoisotopic (exact) mass is 606 g/mol. The van der Waals surface area contributed by atoms with Crippen molar-refractivity contribution in [3.63, 3.8) is 0 Å². The van der Waals surface area contributed by atoms with E-state index in [2.05, 4.69) is 0 Å². The van der Waals surface area contributed by atoms with Gasteiger partial charge in [0.1, 0.15) is 0 Å². The normalized spacial score (nSPS) is 8.43. The van der Waals surface area contributed by atoms with Gasteiger partial charge in [0.15, 0.2) is 23.9 Å². The average Bonchev–Trinajstić information content (AvgIpc) is 2.69. The van der Waals surface area contributed by atoms with Gasteiger partial charge in [-0.15, -0.1) is 0 Å². The van der Waals surface area contributed by atoms with Crippen molar-refractivity contribution in [3.05, 3.63) is 23.7 Å². The van der Waals surface area contributed by atoms with Gasteiger partial charge in [-0.3, -0.25) is 19.2 Å². The molecule has 0 aliphatic heterocycles. The molecule has 0 saturated carbocycles. The van der Waals surface area contributed by atoms with Crippen LogP contribution in [0.3, 0.4) is 0 Å². The Labute approximate surface area is 236 Å². The number of hydrogen-bond donors (Lipinski definition) is 4. The molecule has 0 aliphatic carbocycles. The van der Waals surface area contributed by atoms with Crippen LogP contribution < -0.4 is 0 Å². The van der Waals surface area contributed by atoms with Gasteiger partial charge in [0.25, 0.3) is 0 Å². The van der Waals surface area contributed by atoms with Crippen molar-refractivity contribution in [2.45, 2.75) is 81.1 Å². The number of aliphatic carboxylic acids is 4. The van der Waals surface area contributed by atoms with Crippen molar-refractivity contribution in [3.8, 4) is 0 Å². The zero-order valence-corrected chi connectivity index (χ0v) is 24.8. The van der Waals surface area contributed by atoms with Crippen LogP contribution in [0.25, 0.3) is 0 Å². The molecule has 0 aromatic carbocycles. The number of hydrogen-bond acceptors (Lipinski definition) is 8. The van der Waals surface area contributed by atoms with Crippen LogP contribution in [0.4, 0.5) is 0 Å². The second-order valence-electron chi connectivity index (χ2n) is 6.77. The maximum absolute atomic E-state index is 10.4. The van der Waals surface area contributed by atoms with Gasteiger partial charge in [0.05, 0.1) is 0 Å². The molecule has 0 radical (unpaired) electrons. The minimum atomic E-state index is -1.11. The summed E-state index contributed by atoms with van der Waals surface area (Å²) >= 11 is 0. The molecule has 0 aromatic heterocycles. The predicted molar refractivity (Wildman–Crippen MR) is 127 cm³/mol. The average molecular weight is 608 g/mol. The summed E-state index contributed by atoms with van der Waals surface area (Å²) in [4.78, 5) is 82.1. The van der Waals surface area contributed by atoms with Crippen molar-refractivity contribution in [2.75, 3.05) is 0 Å². The minimum absolute atomic E-state index is 0. The Bertz CT molecular complexity index is 592. The summed E-state index contributed by atoms with van der Waals surface area (Å²) in [6.07, 6.45) is 1.19. The van der Waals surface area contributed by atoms with E-state index in [0.29, 0.717) is 25.7 Å². The van der Waals surface area contributed by atoms with Crippen molar-refractivity contribution in [1.29, 1.82) is 0 Å². The standard InChI is InChI=1S/4C6H9O3.Zr/c4*1-3-5(4(2)7)6(8)9;/h4*3H2,1-2H3,(H,8,9);/q4*-1;+4. The molecule has 0 amide bonds. The quantitative estimate of drug-likeness (QED) is 0.186. The Morgan fingerprint density at radius 3 is 0.514 bits per heavy atom. The van der Waals surface area contributed by atoms with Crippen molar-refractivity contribution in [1.82, 2.24) is 0 Å². The van der Waals surface area contributed by atoms with Crippen LogP contribution in [0.1, 0.15) is 81.1 Å². The van der Waals surface area contributed by atoms with E-state index in [1.54, 1.807) is 27.7 Å². The van der Waals surface area contributed by atoms with Crippen LogP contribution in [0.2, 0.25) is 0 Å². The first kappa shape index (κ1) is 44.0. The van der Waals surface area contributed by atoms with E-state index in [1.165, 1.54) is 27.7 Å². The fourth-order valence-corrected chi connectivity index (χ4v) is 2.20. The van der Waals surface area contributed by atoms with E-state index in [0.717, 1.165) is 0 Å². The van der Waals surface area contributed by atoms with Gasteiger partial charge in [-0.2, -0.15) is 25.7 Å². The van der Waals surface area contributed by atoms with Crippen molar-refractivity contribution >= 4 is 47.0 Å². The van der Waals surface area contributed by atoms with Crippen molar-refractivity contribution < 1.29 is 85.0 Å². The van der Waals surface area contributed by atoms with E-state index in [1.807, 2.05) is 0 Å². The van der Waals surface area contributed by atoms with Gasteiger partial charge < -0.3 is 39.6 Å². The maximum atomic E-state index is 10.4. The number of carboxylic acid groups (broad SMARTS) is 4. The van der Waals surface area contributed by atoms with E-state index in [9.17, 15) is 38.4 Å². The van der Waals surface area contributed by atoms with Gasteiger partial charge in [0.2, 0.25) is 0 Å². The SMILES string of the molecule is CC[C-](C(C)=O)C(=O)O.CC[C-](C(C)=O)C(=O)O.CC[C-](C(C)=O)C(=O)O.CC[C-](C(C)=O)C(=O)O.[Zr+4]. The second-order valence-corrected chi connectivity index (χ2v) is 6.77. The van der Waals surface area contributed by atoms with Gasteiger partial charge in [0, 0.05) is 23.1 Å². The van der Waals surface area contributed by atoms with Gasteiger partial charge >= 0.3 is 26.2 Å². The molecule has 0 saturated heterocycles. The first-order chi connectivity index (χ1) is 16.4. The smallest absolute Gasteiger partial charge is 0.503 e. The van der Waals surface area contributed by atoms with E-state index in [4.69, 9.17) is 20.4 Å². The summed E-state index contributed by atoms with van der Waals surface area (Å²) in [6, 6.07) is 0. The van der Waals surface area contributed by atoms with Crippen LogP contribution in [-0.4, -0.2) is 67.4 Å². The van der Waals surface area contributed by atoms with E-state index < -0.39 is 23.9 Å². The fourth-order valence-electron chi connectivity index (χ4n) is 2.20. The molecule has 0 unspecified atom stereocenters. The Morgan fingerprint density at radius 2 is 0.514 bits per heavy atom. The maximum Gasteiger partial charge on any atom is 4.00 e. The number of carboxylic acids is 4. The first-order valence-corrected chi connectivity index (χ1v) is 10.8. The summed E-state index contributed by atoms with van der Waals surface area (Å²) < 4.78 is 0. The molecule has 208 valence electrons. The van der Waals surface area contributed by atoms with Crippen LogP contribution in [-0.2, 0) is 64.6 Å². The van der Waals surface area contributed by atoms with Gasteiger partial charge in [-0.25, -0.2) is 23.7 Å². The molecule has 0 spiro atoms. The van der Waals surface area contributed by atoms with Crippen molar-refractivity contribution in [2.24, 2.45) is 0 Å². The Balaban J connectivity index is -0.000000122. The summed E-state index contributed by atoms with van der Waals surface area (Å²) in [6.45, 7) is 11.6. The number of carbonyl (C=O) groups is 8. The summed E-state index contributed by atoms with van der Waals surface area (Å²) in [5.41, 5.74) is 0. The Hall–Kier alpha value is -3.08. The molecule has 0 fully saturated rings. The molecular formula is C24H36O12Zr. The molecule has 0 bridgehead atoms. The number of ketones is 4. The molecule has 0 atom stereocenters.